The first-order chi connectivity index (χ1) is 6.78. The summed E-state index contributed by atoms with van der Waals surface area (Å²) in [7, 11) is 1.81. The van der Waals surface area contributed by atoms with Crippen molar-refractivity contribution in [1.82, 2.24) is 0 Å². The molecule has 0 aliphatic carbocycles. The molecule has 0 saturated heterocycles. The molecule has 0 spiro atoms. The average molecular weight is 212 g/mol. The molecule has 3 nitrogen and oxygen atoms in total. The van der Waals surface area contributed by atoms with Crippen molar-refractivity contribution in [3.63, 3.8) is 0 Å². The zero-order valence-corrected chi connectivity index (χ0v) is 9.16. The summed E-state index contributed by atoms with van der Waals surface area (Å²) in [6, 6.07) is 7.32. The Balaban J connectivity index is 0.000000500. The second-order valence-corrected chi connectivity index (χ2v) is 2.84. The summed E-state index contributed by atoms with van der Waals surface area (Å²) >= 11 is 0. The summed E-state index contributed by atoms with van der Waals surface area (Å²) < 4.78 is 13.8. The van der Waals surface area contributed by atoms with Gasteiger partial charge in [-0.15, -0.1) is 0 Å². The largest absolute Gasteiger partial charge is 0.380 e. The minimum absolute atomic E-state index is 0.167. The lowest BCUT2D eigenvalue weighted by atomic mass is 10.2. The predicted molar refractivity (Wildman–Crippen MR) is 56.1 cm³/mol. The van der Waals surface area contributed by atoms with Gasteiger partial charge in [0, 0.05) is 19.3 Å². The van der Waals surface area contributed by atoms with Crippen LogP contribution in [-0.4, -0.2) is 20.1 Å². The number of hydrogen-bond acceptors (Lipinski definition) is 3. The maximum absolute atomic E-state index is 10.2. The maximum atomic E-state index is 10.2. The quantitative estimate of drug-likeness (QED) is 0.571. The van der Waals surface area contributed by atoms with Crippen LogP contribution in [0.3, 0.4) is 0 Å². The monoisotopic (exact) mass is 212 g/mol. The molecule has 1 aromatic rings. The van der Waals surface area contributed by atoms with Crippen molar-refractivity contribution in [3.8, 4) is 0 Å². The zero-order valence-electron chi connectivity index (χ0n) is 8.27. The fourth-order valence-corrected chi connectivity index (χ4v) is 0.859. The molecule has 0 bridgehead atoms. The third kappa shape index (κ3) is 5.57. The lowest BCUT2D eigenvalue weighted by molar-refractivity contribution is 0.112. The second kappa shape index (κ2) is 8.54. The van der Waals surface area contributed by atoms with E-state index in [1.807, 2.05) is 12.1 Å². The summed E-state index contributed by atoms with van der Waals surface area (Å²) in [5.74, 6) is 0. The topological polar surface area (TPSA) is 43.4 Å². The van der Waals surface area contributed by atoms with Crippen molar-refractivity contribution < 1.29 is 14.1 Å². The molecule has 14 heavy (non-hydrogen) atoms. The first-order valence-corrected chi connectivity index (χ1v) is 5.29. The number of methoxy groups -OCH3 is 1. The van der Waals surface area contributed by atoms with Crippen LogP contribution in [0, 0.1) is 0 Å². The van der Waals surface area contributed by atoms with Crippen LogP contribution in [0.2, 0.25) is 0 Å². The minimum atomic E-state index is 0.167. The van der Waals surface area contributed by atoms with E-state index >= 15 is 0 Å². The summed E-state index contributed by atoms with van der Waals surface area (Å²) in [6.45, 7) is 2.14. The normalized spacial score (nSPS) is 9.00. The van der Waals surface area contributed by atoms with E-state index in [-0.39, 0.29) is 8.46 Å². The van der Waals surface area contributed by atoms with E-state index in [0.717, 1.165) is 11.8 Å². The maximum Gasteiger partial charge on any atom is 0.151 e. The number of benzene rings is 1. The predicted octanol–water partition coefficient (Wildman–Crippen LogP) is 2.55. The number of hydrogen-bond donors (Lipinski definition) is 0. The van der Waals surface area contributed by atoms with Gasteiger partial charge in [-0.25, -0.2) is 0 Å². The molecule has 0 aromatic heterocycles. The number of ether oxygens (including phenoxy) is 1. The Labute approximate surface area is 85.3 Å². The molecule has 0 radical (unpaired) electrons. The van der Waals surface area contributed by atoms with Gasteiger partial charge in [0.05, 0.1) is 6.61 Å². The smallest absolute Gasteiger partial charge is 0.151 e. The van der Waals surface area contributed by atoms with Crippen LogP contribution in [0.15, 0.2) is 24.3 Å². The van der Waals surface area contributed by atoms with Gasteiger partial charge in [0.2, 0.25) is 0 Å². The van der Waals surface area contributed by atoms with Gasteiger partial charge in [-0.3, -0.25) is 9.36 Å². The van der Waals surface area contributed by atoms with Crippen LogP contribution in [0.1, 0.15) is 15.9 Å². The van der Waals surface area contributed by atoms with Crippen molar-refractivity contribution >= 4 is 14.7 Å². The highest BCUT2D eigenvalue weighted by atomic mass is 31.1. The van der Waals surface area contributed by atoms with Crippen molar-refractivity contribution in [2.75, 3.05) is 13.8 Å². The summed E-state index contributed by atoms with van der Waals surface area (Å²) in [5, 5.41) is 0. The summed E-state index contributed by atoms with van der Waals surface area (Å²) in [5.41, 5.74) is 1.78. The van der Waals surface area contributed by atoms with Crippen molar-refractivity contribution in [3.05, 3.63) is 35.4 Å². The molecule has 0 atom stereocenters. The van der Waals surface area contributed by atoms with Gasteiger partial charge >= 0.3 is 0 Å². The average Bonchev–Trinajstić information content (AvgIpc) is 2.21. The second-order valence-electron chi connectivity index (χ2n) is 2.48. The fourth-order valence-electron chi connectivity index (χ4n) is 0.859. The van der Waals surface area contributed by atoms with E-state index in [2.05, 4.69) is 0 Å². The van der Waals surface area contributed by atoms with E-state index in [9.17, 15) is 4.79 Å². The van der Waals surface area contributed by atoms with Crippen LogP contribution in [0.4, 0.5) is 0 Å². The molecule has 0 saturated carbocycles. The molecule has 76 valence electrons. The standard InChI is InChI=1S/C9H10O2.CH3OP/c1-11-7-9-4-2-8(6-10)3-5-9;1-3-2/h2-6H,7H2,1H3;1H3. The highest BCUT2D eigenvalue weighted by Crippen LogP contribution is 2.02. The van der Waals surface area contributed by atoms with Crippen LogP contribution >= 0.6 is 8.46 Å². The molecule has 0 N–H and O–H groups in total. The van der Waals surface area contributed by atoms with E-state index in [4.69, 9.17) is 9.30 Å². The van der Waals surface area contributed by atoms with E-state index in [0.29, 0.717) is 12.2 Å². The molecular weight excluding hydrogens is 199 g/mol. The van der Waals surface area contributed by atoms with E-state index in [1.165, 1.54) is 0 Å². The molecule has 4 heteroatoms. The Kier molecular flexibility index (Phi) is 7.90. The molecular formula is C10H13O3P. The fraction of sp³-hybridized carbons (Fsp3) is 0.300. The molecule has 0 amide bonds. The molecule has 1 rings (SSSR count). The van der Waals surface area contributed by atoms with Crippen LogP contribution < -0.4 is 0 Å². The summed E-state index contributed by atoms with van der Waals surface area (Å²) in [4.78, 5) is 10.2. The third-order valence-electron chi connectivity index (χ3n) is 1.43. The molecule has 1 aromatic carbocycles. The van der Waals surface area contributed by atoms with Gasteiger partial charge in [0.25, 0.3) is 0 Å². The molecule has 0 aliphatic heterocycles. The van der Waals surface area contributed by atoms with Crippen LogP contribution in [0.5, 0.6) is 0 Å². The van der Waals surface area contributed by atoms with Gasteiger partial charge in [-0.05, 0) is 5.56 Å². The highest BCUT2D eigenvalue weighted by Gasteiger charge is 1.91. The van der Waals surface area contributed by atoms with Crippen molar-refractivity contribution in [1.29, 1.82) is 0 Å². The molecule has 0 unspecified atom stereocenters. The Morgan fingerprint density at radius 2 is 1.86 bits per heavy atom. The first-order valence-electron chi connectivity index (χ1n) is 4.03. The molecule has 0 aliphatic rings. The minimum Gasteiger partial charge on any atom is -0.380 e. The van der Waals surface area contributed by atoms with Gasteiger partial charge < -0.3 is 4.74 Å². The van der Waals surface area contributed by atoms with Gasteiger partial charge in [-0.1, -0.05) is 24.3 Å². The first kappa shape index (κ1) is 12.9. The van der Waals surface area contributed by atoms with Gasteiger partial charge in [0.15, 0.2) is 8.46 Å². The van der Waals surface area contributed by atoms with Gasteiger partial charge in [0.1, 0.15) is 6.29 Å². The number of carbonyl (C=O) groups excluding carboxylic acids is 1. The highest BCUT2D eigenvalue weighted by molar-refractivity contribution is 7.22. The van der Waals surface area contributed by atoms with Crippen LogP contribution in [0.25, 0.3) is 0 Å². The SMILES string of the molecule is COCc1ccc(C=O)cc1.CP=O. The molecule has 0 fully saturated rings. The third-order valence-corrected chi connectivity index (χ3v) is 1.43. The number of aldehydes is 1. The zero-order chi connectivity index (χ0) is 10.8. The Morgan fingerprint density at radius 1 is 1.36 bits per heavy atom. The summed E-state index contributed by atoms with van der Waals surface area (Å²) in [6.07, 6.45) is 0.830. The van der Waals surface area contributed by atoms with E-state index in [1.54, 1.807) is 25.9 Å². The van der Waals surface area contributed by atoms with Gasteiger partial charge in [-0.2, -0.15) is 0 Å². The van der Waals surface area contributed by atoms with E-state index < -0.39 is 0 Å². The Bertz CT molecular complexity index is 269. The number of carbonyl (C=O) groups is 1. The Hall–Kier alpha value is -1.05. The lowest BCUT2D eigenvalue weighted by Crippen LogP contribution is -1.87. The van der Waals surface area contributed by atoms with Crippen molar-refractivity contribution in [2.45, 2.75) is 6.61 Å². The lowest BCUT2D eigenvalue weighted by Gasteiger charge is -1.97. The van der Waals surface area contributed by atoms with Crippen LogP contribution in [-0.2, 0) is 15.9 Å². The number of rotatable bonds is 3. The Morgan fingerprint density at radius 3 is 2.21 bits per heavy atom. The van der Waals surface area contributed by atoms with Crippen molar-refractivity contribution in [2.24, 2.45) is 0 Å². The molecule has 0 heterocycles.